The lowest BCUT2D eigenvalue weighted by molar-refractivity contribution is 0.0472. The molecule has 0 bridgehead atoms. The van der Waals surface area contributed by atoms with Gasteiger partial charge in [-0.15, -0.1) is 0 Å². The average Bonchev–Trinajstić information content (AvgIpc) is 2.45. The average molecular weight is 252 g/mol. The van der Waals surface area contributed by atoms with Crippen molar-refractivity contribution >= 4 is 12.0 Å². The molecule has 0 aliphatic carbocycles. The zero-order chi connectivity index (χ0) is 13.7. The van der Waals surface area contributed by atoms with Crippen molar-refractivity contribution in [2.24, 2.45) is 0 Å². The molecule has 0 unspecified atom stereocenters. The van der Waals surface area contributed by atoms with Crippen molar-refractivity contribution in [3.8, 4) is 0 Å². The van der Waals surface area contributed by atoms with Crippen LogP contribution in [0.3, 0.4) is 0 Å². The SMILES string of the molecule is C=Cc1cc(C)ccc1C(=O)OCc1ccccc1. The van der Waals surface area contributed by atoms with Crippen molar-refractivity contribution < 1.29 is 9.53 Å². The Bertz CT molecular complexity index is 585. The molecule has 0 N–H and O–H groups in total. The molecular weight excluding hydrogens is 236 g/mol. The van der Waals surface area contributed by atoms with Crippen LogP contribution in [-0.4, -0.2) is 5.97 Å². The molecule has 19 heavy (non-hydrogen) atoms. The molecule has 0 atom stereocenters. The number of hydrogen-bond donors (Lipinski definition) is 0. The summed E-state index contributed by atoms with van der Waals surface area (Å²) in [6.45, 7) is 5.99. The Hall–Kier alpha value is -2.35. The van der Waals surface area contributed by atoms with E-state index in [0.29, 0.717) is 5.56 Å². The van der Waals surface area contributed by atoms with Crippen LogP contribution in [0.15, 0.2) is 55.1 Å². The Morgan fingerprint density at radius 2 is 1.95 bits per heavy atom. The van der Waals surface area contributed by atoms with Gasteiger partial charge in [0.2, 0.25) is 0 Å². The number of aryl methyl sites for hydroxylation is 1. The first kappa shape index (κ1) is 13.1. The Labute approximate surface area is 113 Å². The minimum atomic E-state index is -0.321. The van der Waals surface area contributed by atoms with Gasteiger partial charge >= 0.3 is 5.97 Å². The lowest BCUT2D eigenvalue weighted by atomic mass is 10.0. The van der Waals surface area contributed by atoms with Gasteiger partial charge in [-0.05, 0) is 24.1 Å². The Morgan fingerprint density at radius 3 is 2.63 bits per heavy atom. The highest BCUT2D eigenvalue weighted by Crippen LogP contribution is 2.15. The lowest BCUT2D eigenvalue weighted by Gasteiger charge is -2.08. The third-order valence-corrected chi connectivity index (χ3v) is 2.86. The second-order valence-electron chi connectivity index (χ2n) is 4.36. The van der Waals surface area contributed by atoms with Crippen LogP contribution in [-0.2, 0) is 11.3 Å². The molecule has 2 nitrogen and oxygen atoms in total. The first-order valence-electron chi connectivity index (χ1n) is 6.15. The van der Waals surface area contributed by atoms with Gasteiger partial charge in [0, 0.05) is 0 Å². The van der Waals surface area contributed by atoms with Gasteiger partial charge in [0.15, 0.2) is 0 Å². The summed E-state index contributed by atoms with van der Waals surface area (Å²) in [6.07, 6.45) is 1.67. The third-order valence-electron chi connectivity index (χ3n) is 2.86. The zero-order valence-electron chi connectivity index (χ0n) is 10.9. The van der Waals surface area contributed by atoms with E-state index < -0.39 is 0 Å². The predicted molar refractivity (Wildman–Crippen MR) is 76.8 cm³/mol. The van der Waals surface area contributed by atoms with Gasteiger partial charge in [0.1, 0.15) is 6.61 Å². The third kappa shape index (κ3) is 3.32. The molecule has 2 aromatic carbocycles. The van der Waals surface area contributed by atoms with E-state index in [4.69, 9.17) is 4.74 Å². The maximum Gasteiger partial charge on any atom is 0.339 e. The Balaban J connectivity index is 2.10. The van der Waals surface area contributed by atoms with Crippen molar-refractivity contribution in [2.45, 2.75) is 13.5 Å². The quantitative estimate of drug-likeness (QED) is 0.769. The number of esters is 1. The molecule has 0 fully saturated rings. The van der Waals surface area contributed by atoms with Crippen LogP contribution in [0.4, 0.5) is 0 Å². The lowest BCUT2D eigenvalue weighted by Crippen LogP contribution is -2.07. The number of carbonyl (C=O) groups excluding carboxylic acids is 1. The molecule has 2 aromatic rings. The summed E-state index contributed by atoms with van der Waals surface area (Å²) in [5.41, 5.74) is 3.42. The van der Waals surface area contributed by atoms with Gasteiger partial charge in [-0.1, -0.05) is 60.7 Å². The molecule has 96 valence electrons. The molecule has 0 radical (unpaired) electrons. The monoisotopic (exact) mass is 252 g/mol. The minimum absolute atomic E-state index is 0.282. The van der Waals surface area contributed by atoms with Gasteiger partial charge in [-0.3, -0.25) is 0 Å². The van der Waals surface area contributed by atoms with Crippen molar-refractivity contribution in [2.75, 3.05) is 0 Å². The standard InChI is InChI=1S/C17H16O2/c1-3-15-11-13(2)9-10-16(15)17(18)19-12-14-7-5-4-6-8-14/h3-11H,1,12H2,2H3. The van der Waals surface area contributed by atoms with E-state index in [1.807, 2.05) is 49.4 Å². The number of carbonyl (C=O) groups is 1. The first-order valence-corrected chi connectivity index (χ1v) is 6.15. The molecule has 0 amide bonds. The molecule has 2 rings (SSSR count). The van der Waals surface area contributed by atoms with E-state index in [1.54, 1.807) is 12.1 Å². The number of ether oxygens (including phenoxy) is 1. The molecule has 0 spiro atoms. The molecule has 0 aliphatic rings. The van der Waals surface area contributed by atoms with Crippen molar-refractivity contribution in [1.82, 2.24) is 0 Å². The maximum absolute atomic E-state index is 12.0. The summed E-state index contributed by atoms with van der Waals surface area (Å²) < 4.78 is 5.31. The zero-order valence-corrected chi connectivity index (χ0v) is 10.9. The van der Waals surface area contributed by atoms with Gasteiger partial charge < -0.3 is 4.74 Å². The first-order chi connectivity index (χ1) is 9.20. The number of rotatable bonds is 4. The second-order valence-corrected chi connectivity index (χ2v) is 4.36. The van der Waals surface area contributed by atoms with Crippen molar-refractivity contribution in [3.63, 3.8) is 0 Å². The van der Waals surface area contributed by atoms with Crippen LogP contribution in [0.25, 0.3) is 6.08 Å². The smallest absolute Gasteiger partial charge is 0.339 e. The molecule has 2 heteroatoms. The van der Waals surface area contributed by atoms with E-state index in [-0.39, 0.29) is 12.6 Å². The number of benzene rings is 2. The van der Waals surface area contributed by atoms with Gasteiger partial charge in [0.25, 0.3) is 0 Å². The second kappa shape index (κ2) is 6.01. The van der Waals surface area contributed by atoms with Gasteiger partial charge in [-0.25, -0.2) is 4.79 Å². The summed E-state index contributed by atoms with van der Waals surface area (Å²) >= 11 is 0. The van der Waals surface area contributed by atoms with E-state index in [0.717, 1.165) is 16.7 Å². The fourth-order valence-corrected chi connectivity index (χ4v) is 1.84. The summed E-state index contributed by atoms with van der Waals surface area (Å²) in [7, 11) is 0. The molecule has 0 aromatic heterocycles. The van der Waals surface area contributed by atoms with E-state index in [1.165, 1.54) is 0 Å². The largest absolute Gasteiger partial charge is 0.457 e. The van der Waals surface area contributed by atoms with E-state index in [9.17, 15) is 4.79 Å². The summed E-state index contributed by atoms with van der Waals surface area (Å²) in [6, 6.07) is 15.2. The highest BCUT2D eigenvalue weighted by molar-refractivity contribution is 5.93. The van der Waals surface area contributed by atoms with Crippen LogP contribution in [0.5, 0.6) is 0 Å². The Kier molecular flexibility index (Phi) is 4.14. The van der Waals surface area contributed by atoms with Crippen LogP contribution >= 0.6 is 0 Å². The fraction of sp³-hybridized carbons (Fsp3) is 0.118. The predicted octanol–water partition coefficient (Wildman–Crippen LogP) is 4.00. The van der Waals surface area contributed by atoms with E-state index >= 15 is 0 Å². The highest BCUT2D eigenvalue weighted by Gasteiger charge is 2.11. The molecule has 0 saturated heterocycles. The molecule has 0 heterocycles. The van der Waals surface area contributed by atoms with Crippen LogP contribution < -0.4 is 0 Å². The van der Waals surface area contributed by atoms with Gasteiger partial charge in [-0.2, -0.15) is 0 Å². The maximum atomic E-state index is 12.0. The topological polar surface area (TPSA) is 26.3 Å². The fourth-order valence-electron chi connectivity index (χ4n) is 1.84. The van der Waals surface area contributed by atoms with Crippen LogP contribution in [0.2, 0.25) is 0 Å². The minimum Gasteiger partial charge on any atom is -0.457 e. The Morgan fingerprint density at radius 1 is 1.21 bits per heavy atom. The summed E-state index contributed by atoms with van der Waals surface area (Å²) in [5.74, 6) is -0.321. The summed E-state index contributed by atoms with van der Waals surface area (Å²) in [5, 5.41) is 0. The van der Waals surface area contributed by atoms with Gasteiger partial charge in [0.05, 0.1) is 5.56 Å². The molecule has 0 saturated carbocycles. The molecule has 0 aliphatic heterocycles. The van der Waals surface area contributed by atoms with Crippen LogP contribution in [0, 0.1) is 6.92 Å². The van der Waals surface area contributed by atoms with E-state index in [2.05, 4.69) is 6.58 Å². The van der Waals surface area contributed by atoms with Crippen molar-refractivity contribution in [3.05, 3.63) is 77.4 Å². The number of hydrogen-bond acceptors (Lipinski definition) is 2. The van der Waals surface area contributed by atoms with Crippen LogP contribution in [0.1, 0.15) is 27.0 Å². The van der Waals surface area contributed by atoms with Crippen molar-refractivity contribution in [1.29, 1.82) is 0 Å². The normalized spacial score (nSPS) is 9.95. The highest BCUT2D eigenvalue weighted by atomic mass is 16.5. The molecular formula is C17H16O2. The summed E-state index contributed by atoms with van der Waals surface area (Å²) in [4.78, 5) is 12.0.